The predicted molar refractivity (Wildman–Crippen MR) is 427 cm³/mol. The maximum absolute atomic E-state index is 14.0. The standard InChI is InChI=1S/C81H108N6O51/c1-28(88)107-23-47-20-48-56(112-33(6)93)63(113-34(7)94)55(47)133-78-73(123-44(17)104)67(117-38(11)98)60(52(130-78)25-109-30(3)90)136-76-71(121-42(15)102)65(115-36(9)96)58(50(128-76)22-85-87-83)135-80-74(124-45(18)105)69(119-40(13)100)62(54(131-80)27-111-32(5)92)138-81-75(125-46(19)106)68(118-39(12)99)61(53(132-81)26-110-31(4)91)137-77-70(120-41(14)101)64(114-35(8)95)57(49(127-77)21-84-86-82)134-79-72(122-43(16)103)66(116-37(10)97)59(126-48)51(129-79)24-108-29(2)89/h47-81H,20-27H2,1-19H3/t47?,48-,49?,50?,51?,52?,53?,54?,55+,56?,57+,58+,59+,60+,61+,62+,63+,64+,65+,66+,67+,68+,69-,70?,71?,72?,73?,74?,75?,76-,77+,78+,79+,80-,81-/m1/s1. The van der Waals surface area contributed by atoms with Crippen molar-refractivity contribution in [3.8, 4) is 0 Å². The molecule has 21 fully saturated rings. The van der Waals surface area contributed by atoms with Gasteiger partial charge in [-0.2, -0.15) is 0 Å². The van der Waals surface area contributed by atoms with Crippen molar-refractivity contribution in [1.29, 1.82) is 0 Å². The molecule has 20 aliphatic heterocycles. The maximum atomic E-state index is 14.0. The molecule has 1 saturated carbocycles. The summed E-state index contributed by atoms with van der Waals surface area (Å²) in [6, 6.07) is 0. The molecule has 57 nitrogen and oxygen atoms in total. The Kier molecular flexibility index (Phi) is 41.2. The summed E-state index contributed by atoms with van der Waals surface area (Å²) in [4.78, 5) is 266. The van der Waals surface area contributed by atoms with Gasteiger partial charge in [0.1, 0.15) is 93.6 Å². The van der Waals surface area contributed by atoms with Crippen molar-refractivity contribution in [2.24, 2.45) is 16.1 Å². The van der Waals surface area contributed by atoms with Crippen LogP contribution in [0.3, 0.4) is 0 Å². The minimum atomic E-state index is -2.45. The van der Waals surface area contributed by atoms with Gasteiger partial charge in [0.15, 0.2) is 123 Å². The maximum Gasteiger partial charge on any atom is 0.303 e. The minimum Gasteiger partial charge on any atom is -0.465 e. The molecule has 0 radical (unpaired) electrons. The van der Waals surface area contributed by atoms with Crippen molar-refractivity contribution in [2.75, 3.05) is 46.1 Å². The van der Waals surface area contributed by atoms with Crippen LogP contribution in [0.1, 0.15) is 138 Å². The first-order valence-corrected chi connectivity index (χ1v) is 42.6. The molecule has 14 unspecified atom stereocenters. The van der Waals surface area contributed by atoms with E-state index in [2.05, 4.69) is 20.1 Å². The molecule has 0 spiro atoms. The molecular weight excluding hydrogens is 1870 g/mol. The number of rotatable bonds is 28. The van der Waals surface area contributed by atoms with Crippen molar-refractivity contribution in [2.45, 2.75) is 347 Å². The molecule has 0 aromatic rings. The molecule has 0 amide bonds. The van der Waals surface area contributed by atoms with E-state index >= 15 is 0 Å². The zero-order valence-electron chi connectivity index (χ0n) is 77.9. The van der Waals surface area contributed by atoms with Crippen molar-refractivity contribution >= 4 is 113 Å². The van der Waals surface area contributed by atoms with Crippen LogP contribution in [0.4, 0.5) is 0 Å². The second-order valence-corrected chi connectivity index (χ2v) is 31.9. The molecule has 21 rings (SSSR count). The number of hydrogen-bond donors (Lipinski definition) is 0. The van der Waals surface area contributed by atoms with Crippen LogP contribution in [0.5, 0.6) is 0 Å². The largest absolute Gasteiger partial charge is 0.465 e. The molecule has 20 saturated heterocycles. The molecule has 14 bridgehead atoms. The van der Waals surface area contributed by atoms with E-state index in [9.17, 15) is 102 Å². The molecule has 0 aromatic carbocycles. The van der Waals surface area contributed by atoms with Gasteiger partial charge in [-0.15, -0.1) is 0 Å². The van der Waals surface area contributed by atoms with Gasteiger partial charge in [0.25, 0.3) is 0 Å². The summed E-state index contributed by atoms with van der Waals surface area (Å²) >= 11 is 0. The normalized spacial score (nSPS) is 34.9. The van der Waals surface area contributed by atoms with E-state index in [1.54, 1.807) is 0 Å². The van der Waals surface area contributed by atoms with Gasteiger partial charge in [-0.1, -0.05) is 10.2 Å². The topological polar surface area (TPSA) is 717 Å². The van der Waals surface area contributed by atoms with Gasteiger partial charge in [0.2, 0.25) is 0 Å². The zero-order valence-corrected chi connectivity index (χ0v) is 77.9. The number of hydrogen-bond acceptors (Lipinski definition) is 53. The van der Waals surface area contributed by atoms with E-state index in [4.69, 9.17) is 152 Å². The second-order valence-electron chi connectivity index (χ2n) is 31.9. The van der Waals surface area contributed by atoms with Crippen LogP contribution in [-0.2, 0) is 243 Å². The first-order valence-electron chi connectivity index (χ1n) is 42.6. The Morgan fingerprint density at radius 3 is 0.580 bits per heavy atom. The van der Waals surface area contributed by atoms with Crippen molar-refractivity contribution in [3.63, 3.8) is 0 Å². The molecule has 768 valence electrons. The van der Waals surface area contributed by atoms with E-state index in [0.29, 0.717) is 0 Å². The van der Waals surface area contributed by atoms with Crippen LogP contribution in [-0.4, -0.2) is 368 Å². The summed E-state index contributed by atoms with van der Waals surface area (Å²) < 4.78 is 198. The third-order valence-corrected chi connectivity index (χ3v) is 20.8. The Hall–Kier alpha value is -12.0. The van der Waals surface area contributed by atoms with Gasteiger partial charge in [-0.25, -0.2) is 0 Å². The van der Waals surface area contributed by atoms with E-state index in [1.165, 1.54) is 0 Å². The molecule has 138 heavy (non-hydrogen) atoms. The first kappa shape index (κ1) is 111. The summed E-state index contributed by atoms with van der Waals surface area (Å²) in [6.45, 7) is 8.60. The smallest absolute Gasteiger partial charge is 0.303 e. The third kappa shape index (κ3) is 31.3. The van der Waals surface area contributed by atoms with Crippen molar-refractivity contribution in [3.05, 3.63) is 20.9 Å². The molecule has 1 aliphatic carbocycles. The Morgan fingerprint density at radius 2 is 0.377 bits per heavy atom. The monoisotopic (exact) mass is 1980 g/mol. The Bertz CT molecular complexity index is 4380. The average Bonchev–Trinajstić information content (AvgIpc) is 0.773. The summed E-state index contributed by atoms with van der Waals surface area (Å²) in [6.07, 6.45) is -77.6. The zero-order chi connectivity index (χ0) is 102. The Labute approximate surface area is 783 Å². The number of azide groups is 2. The lowest BCUT2D eigenvalue weighted by molar-refractivity contribution is -0.395. The lowest BCUT2D eigenvalue weighted by Crippen LogP contribution is -2.70. The Morgan fingerprint density at radius 1 is 0.210 bits per heavy atom. The van der Waals surface area contributed by atoms with Gasteiger partial charge < -0.3 is 152 Å². The summed E-state index contributed by atoms with van der Waals surface area (Å²) in [5.41, 5.74) is 20.2. The van der Waals surface area contributed by atoms with Gasteiger partial charge in [0, 0.05) is 147 Å². The average molecular weight is 1980 g/mol. The number of esters is 19. The van der Waals surface area contributed by atoms with Gasteiger partial charge >= 0.3 is 113 Å². The quantitative estimate of drug-likeness (QED) is 0.0295. The van der Waals surface area contributed by atoms with E-state index in [1.807, 2.05) is 0 Å². The molecular formula is C81H108N6O51. The van der Waals surface area contributed by atoms with Crippen LogP contribution >= 0.6 is 0 Å². The van der Waals surface area contributed by atoms with E-state index < -0.39 is 381 Å². The van der Waals surface area contributed by atoms with Crippen LogP contribution < -0.4 is 0 Å². The van der Waals surface area contributed by atoms with Gasteiger partial charge in [-0.05, 0) is 17.5 Å². The van der Waals surface area contributed by atoms with Crippen LogP contribution in [0, 0.1) is 5.92 Å². The fraction of sp³-hybridized carbons (Fsp3) is 0.765. The number of nitrogens with zero attached hydrogens (tertiary/aromatic N) is 6. The minimum absolute atomic E-state index is 0.763. The molecule has 0 N–H and O–H groups in total. The number of carbonyl (C=O) groups excluding carboxylic acids is 19. The number of carbonyl (C=O) groups is 19. The van der Waals surface area contributed by atoms with Crippen LogP contribution in [0.15, 0.2) is 10.2 Å². The highest BCUT2D eigenvalue weighted by atomic mass is 16.8. The molecule has 21 aliphatic rings. The predicted octanol–water partition coefficient (Wildman–Crippen LogP) is -1.09. The van der Waals surface area contributed by atoms with Crippen LogP contribution in [0.2, 0.25) is 0 Å². The second kappa shape index (κ2) is 51.1. The van der Waals surface area contributed by atoms with E-state index in [-0.39, 0.29) is 0 Å². The highest BCUT2D eigenvalue weighted by Crippen LogP contribution is 2.46. The van der Waals surface area contributed by atoms with Crippen molar-refractivity contribution in [1.82, 2.24) is 0 Å². The summed E-state index contributed by atoms with van der Waals surface area (Å²) in [7, 11) is 0. The molecule has 57 heteroatoms. The lowest BCUT2D eigenvalue weighted by atomic mass is 9.80. The number of ether oxygens (including phenoxy) is 32. The van der Waals surface area contributed by atoms with Crippen molar-refractivity contribution < 1.29 is 243 Å². The molecule has 35 atom stereocenters. The fourth-order valence-corrected chi connectivity index (χ4v) is 16.4. The highest BCUT2D eigenvalue weighted by Gasteiger charge is 2.66. The summed E-state index contributed by atoms with van der Waals surface area (Å²) in [5.74, 6) is -25.0. The van der Waals surface area contributed by atoms with E-state index in [0.717, 1.165) is 132 Å². The SMILES string of the molecule is CC(=O)OCC1C[C@H]2O[C@H]3C(COC(C)=O)O[C@@H](O[C@H]4C(CN=[N+]=[N-])O[C@@H](O[C@H]5C(COC(C)=O)O[C@H](O[C@H]6C(COC(C)=O)O[C@H](O[C@H]7C(CN=[N+]=[N-])O[C@H](O[C@H]8C(COC(C)=O)O[C@@H](O[C@@H]1[C@H](OC(C)=O)C2OC(C)=O)C(OC(C)=O)[C@H]8OC(C)=O)C(OC(C)=O)[C@H]7OC(C)=O)C(OC(C)=O)[C@@H]6OC(C)=O)C(OC(C)=O)[C@H]5OC(C)=O)C(OC(C)=O)[C@H]4OC(C)=O)C(OC(C)=O)[C@H]3OC(C)=O. The molecule has 20 heterocycles. The third-order valence-electron chi connectivity index (χ3n) is 20.8. The first-order chi connectivity index (χ1) is 64.9. The highest BCUT2D eigenvalue weighted by molar-refractivity contribution is 5.73. The molecule has 0 aromatic heterocycles. The van der Waals surface area contributed by atoms with Gasteiger partial charge in [0.05, 0.1) is 38.0 Å². The Balaban J connectivity index is 1.51. The fourth-order valence-electron chi connectivity index (χ4n) is 16.4. The van der Waals surface area contributed by atoms with Crippen LogP contribution in [0.25, 0.3) is 20.9 Å². The summed E-state index contributed by atoms with van der Waals surface area (Å²) in [5, 5.41) is 7.34. The van der Waals surface area contributed by atoms with Gasteiger partial charge in [-0.3, -0.25) is 91.1 Å². The lowest BCUT2D eigenvalue weighted by Gasteiger charge is -2.52.